The molecule has 2 aromatic heterocycles. The van der Waals surface area contributed by atoms with Crippen molar-refractivity contribution in [1.82, 2.24) is 29.8 Å². The van der Waals surface area contributed by atoms with E-state index < -0.39 is 17.2 Å². The average molecular weight is 438 g/mol. The van der Waals surface area contributed by atoms with E-state index in [9.17, 15) is 13.9 Å². The molecule has 0 aliphatic heterocycles. The Hall–Kier alpha value is -3.92. The van der Waals surface area contributed by atoms with E-state index in [0.717, 1.165) is 17.7 Å². The number of rotatable bonds is 9. The number of benzene rings is 2. The summed E-state index contributed by atoms with van der Waals surface area (Å²) in [4.78, 5) is 3.84. The molecule has 164 valence electrons. The lowest BCUT2D eigenvalue weighted by Crippen LogP contribution is -2.37. The molecule has 0 aliphatic rings. The van der Waals surface area contributed by atoms with Gasteiger partial charge in [-0.15, -0.1) is 5.10 Å². The van der Waals surface area contributed by atoms with Gasteiger partial charge in [0.25, 0.3) is 0 Å². The van der Waals surface area contributed by atoms with Crippen molar-refractivity contribution in [3.8, 4) is 5.75 Å². The van der Waals surface area contributed by atoms with Crippen LogP contribution in [0.5, 0.6) is 5.75 Å². The highest BCUT2D eigenvalue weighted by molar-refractivity contribution is 5.48. The molecule has 0 bridgehead atoms. The predicted molar refractivity (Wildman–Crippen MR) is 111 cm³/mol. The summed E-state index contributed by atoms with van der Waals surface area (Å²) >= 11 is 0. The molecule has 2 heterocycles. The zero-order chi connectivity index (χ0) is 22.6. The molecule has 4 rings (SSSR count). The van der Waals surface area contributed by atoms with E-state index >= 15 is 0 Å². The molecule has 1 unspecified atom stereocenters. The van der Waals surface area contributed by atoms with E-state index in [1.54, 1.807) is 12.3 Å². The van der Waals surface area contributed by atoms with Crippen molar-refractivity contribution in [3.63, 3.8) is 0 Å². The van der Waals surface area contributed by atoms with Crippen LogP contribution in [0, 0.1) is 11.6 Å². The molecule has 0 radical (unpaired) electrons. The Labute approximate surface area is 182 Å². The van der Waals surface area contributed by atoms with E-state index in [2.05, 4.69) is 27.0 Å². The molecule has 0 aliphatic carbocycles. The quantitative estimate of drug-likeness (QED) is 0.432. The molecule has 32 heavy (non-hydrogen) atoms. The van der Waals surface area contributed by atoms with Crippen molar-refractivity contribution in [2.45, 2.75) is 25.3 Å². The molecule has 0 amide bonds. The molecule has 1 atom stereocenters. The summed E-state index contributed by atoms with van der Waals surface area (Å²) < 4.78 is 36.4. The van der Waals surface area contributed by atoms with Gasteiger partial charge in [-0.1, -0.05) is 36.1 Å². The largest absolute Gasteiger partial charge is 0.487 e. The van der Waals surface area contributed by atoms with E-state index in [1.165, 1.54) is 28.1 Å². The summed E-state index contributed by atoms with van der Waals surface area (Å²) in [5.74, 6) is -0.962. The third kappa shape index (κ3) is 4.86. The lowest BCUT2D eigenvalue weighted by Gasteiger charge is -2.28. The van der Waals surface area contributed by atoms with Crippen LogP contribution in [0.2, 0.25) is 0 Å². The fourth-order valence-electron chi connectivity index (χ4n) is 3.28. The zero-order valence-corrected chi connectivity index (χ0v) is 17.0. The van der Waals surface area contributed by atoms with Gasteiger partial charge in [0.05, 0.1) is 19.3 Å². The van der Waals surface area contributed by atoms with Gasteiger partial charge in [0, 0.05) is 11.6 Å². The Bertz CT molecular complexity index is 1190. The van der Waals surface area contributed by atoms with Crippen molar-refractivity contribution >= 4 is 6.08 Å². The molecular formula is C22H20F2N6O2. The van der Waals surface area contributed by atoms with Gasteiger partial charge in [-0.2, -0.15) is 5.10 Å². The van der Waals surface area contributed by atoms with Crippen molar-refractivity contribution in [3.05, 3.63) is 96.4 Å². The fraction of sp³-hybridized carbons (Fsp3) is 0.182. The Morgan fingerprint density at radius 1 is 1.09 bits per heavy atom. The minimum Gasteiger partial charge on any atom is -0.487 e. The average Bonchev–Trinajstić information content (AvgIpc) is 3.44. The van der Waals surface area contributed by atoms with Gasteiger partial charge in [0.15, 0.2) is 0 Å². The first-order valence-electron chi connectivity index (χ1n) is 9.70. The SMILES string of the molecule is C=Cc1ccc(OCc2cn(CC(O)(Cn3cncn3)c3ccc(F)cc3F)nn2)cc1. The Morgan fingerprint density at radius 3 is 2.56 bits per heavy atom. The van der Waals surface area contributed by atoms with Crippen LogP contribution in [0.4, 0.5) is 8.78 Å². The van der Waals surface area contributed by atoms with E-state index in [4.69, 9.17) is 4.74 Å². The van der Waals surface area contributed by atoms with Gasteiger partial charge >= 0.3 is 0 Å². The van der Waals surface area contributed by atoms with Gasteiger partial charge in [-0.05, 0) is 23.8 Å². The number of halogens is 2. The van der Waals surface area contributed by atoms with Crippen molar-refractivity contribution < 1.29 is 18.6 Å². The maximum absolute atomic E-state index is 14.5. The second-order valence-corrected chi connectivity index (χ2v) is 7.22. The first-order valence-corrected chi connectivity index (χ1v) is 9.70. The number of aliphatic hydroxyl groups is 1. The molecule has 0 saturated carbocycles. The standard InChI is InChI=1S/C22H20F2N6O2/c1-2-16-3-6-19(7-4-16)32-11-18-10-29(28-27-18)12-22(31,13-30-15-25-14-26-30)20-8-5-17(23)9-21(20)24/h2-10,14-15,31H,1,11-13H2. The van der Waals surface area contributed by atoms with Crippen LogP contribution in [-0.4, -0.2) is 34.9 Å². The normalized spacial score (nSPS) is 13.0. The van der Waals surface area contributed by atoms with Crippen LogP contribution in [0.3, 0.4) is 0 Å². The van der Waals surface area contributed by atoms with Crippen LogP contribution >= 0.6 is 0 Å². The van der Waals surface area contributed by atoms with Gasteiger partial charge in [0.2, 0.25) is 0 Å². The molecule has 8 nitrogen and oxygen atoms in total. The zero-order valence-electron chi connectivity index (χ0n) is 17.0. The monoisotopic (exact) mass is 438 g/mol. The summed E-state index contributed by atoms with van der Waals surface area (Å²) in [6.07, 6.45) is 6.02. The highest BCUT2D eigenvalue weighted by Gasteiger charge is 2.34. The summed E-state index contributed by atoms with van der Waals surface area (Å²) in [6.45, 7) is 3.58. The number of hydrogen-bond acceptors (Lipinski definition) is 6. The summed E-state index contributed by atoms with van der Waals surface area (Å²) in [5, 5.41) is 23.4. The molecule has 1 N–H and O–H groups in total. The summed E-state index contributed by atoms with van der Waals surface area (Å²) in [6, 6.07) is 10.4. The number of hydrogen-bond donors (Lipinski definition) is 1. The maximum Gasteiger partial charge on any atom is 0.137 e. The van der Waals surface area contributed by atoms with E-state index in [0.29, 0.717) is 11.4 Å². The second-order valence-electron chi connectivity index (χ2n) is 7.22. The van der Waals surface area contributed by atoms with E-state index in [-0.39, 0.29) is 25.3 Å². The van der Waals surface area contributed by atoms with Crippen LogP contribution in [0.15, 0.2) is 67.9 Å². The van der Waals surface area contributed by atoms with Gasteiger partial charge < -0.3 is 9.84 Å². The van der Waals surface area contributed by atoms with Crippen molar-refractivity contribution in [2.75, 3.05) is 0 Å². The minimum atomic E-state index is -1.79. The molecule has 0 saturated heterocycles. The molecule has 4 aromatic rings. The molecule has 2 aromatic carbocycles. The minimum absolute atomic E-state index is 0.0926. The fourth-order valence-corrected chi connectivity index (χ4v) is 3.28. The van der Waals surface area contributed by atoms with Gasteiger partial charge in [-0.25, -0.2) is 23.1 Å². The number of nitrogens with zero attached hydrogens (tertiary/aromatic N) is 6. The topological polar surface area (TPSA) is 90.9 Å². The molecular weight excluding hydrogens is 418 g/mol. The molecule has 0 fully saturated rings. The smallest absolute Gasteiger partial charge is 0.137 e. The second kappa shape index (κ2) is 9.06. The molecule has 0 spiro atoms. The first kappa shape index (κ1) is 21.3. The lowest BCUT2D eigenvalue weighted by atomic mass is 9.93. The Balaban J connectivity index is 1.52. The van der Waals surface area contributed by atoms with Gasteiger partial charge in [-0.3, -0.25) is 0 Å². The lowest BCUT2D eigenvalue weighted by molar-refractivity contribution is -0.00892. The van der Waals surface area contributed by atoms with E-state index in [1.807, 2.05) is 24.3 Å². The van der Waals surface area contributed by atoms with Crippen molar-refractivity contribution in [2.24, 2.45) is 0 Å². The summed E-state index contributed by atoms with van der Waals surface area (Å²) in [7, 11) is 0. The van der Waals surface area contributed by atoms with Crippen molar-refractivity contribution in [1.29, 1.82) is 0 Å². The van der Waals surface area contributed by atoms with Gasteiger partial charge in [0.1, 0.15) is 47.9 Å². The third-order valence-corrected chi connectivity index (χ3v) is 4.83. The van der Waals surface area contributed by atoms with Crippen LogP contribution in [-0.2, 0) is 25.3 Å². The van der Waals surface area contributed by atoms with Crippen LogP contribution in [0.25, 0.3) is 6.08 Å². The Morgan fingerprint density at radius 2 is 1.88 bits per heavy atom. The number of aromatic nitrogens is 6. The molecule has 10 heteroatoms. The first-order chi connectivity index (χ1) is 15.4. The van der Waals surface area contributed by atoms with Crippen LogP contribution < -0.4 is 4.74 Å². The maximum atomic E-state index is 14.5. The Kier molecular flexibility index (Phi) is 6.04. The summed E-state index contributed by atoms with van der Waals surface area (Å²) in [5.41, 5.74) is -0.397. The highest BCUT2D eigenvalue weighted by atomic mass is 19.1. The highest BCUT2D eigenvalue weighted by Crippen LogP contribution is 2.28. The van der Waals surface area contributed by atoms with Crippen LogP contribution in [0.1, 0.15) is 16.8 Å². The number of ether oxygens (including phenoxy) is 1. The third-order valence-electron chi connectivity index (χ3n) is 4.83. The predicted octanol–water partition coefficient (Wildman–Crippen LogP) is 2.96.